The minimum absolute atomic E-state index is 0.130. The maximum Gasteiger partial charge on any atom is 0.271 e. The molecule has 0 spiro atoms. The van der Waals surface area contributed by atoms with Crippen molar-refractivity contribution >= 4 is 40.2 Å². The number of benzene rings is 1. The number of non-ortho nitro benzene ring substituents is 1. The van der Waals surface area contributed by atoms with Gasteiger partial charge < -0.3 is 10.1 Å². The van der Waals surface area contributed by atoms with Crippen LogP contribution < -0.4 is 10.1 Å². The van der Waals surface area contributed by atoms with E-state index in [0.29, 0.717) is 23.2 Å². The molecule has 2 aromatic rings. The van der Waals surface area contributed by atoms with Crippen molar-refractivity contribution in [1.82, 2.24) is 4.90 Å². The van der Waals surface area contributed by atoms with E-state index in [-0.39, 0.29) is 17.3 Å². The Labute approximate surface area is 166 Å². The van der Waals surface area contributed by atoms with Crippen LogP contribution in [0.2, 0.25) is 4.34 Å². The van der Waals surface area contributed by atoms with Crippen molar-refractivity contribution in [1.29, 1.82) is 0 Å². The molecule has 9 heteroatoms. The van der Waals surface area contributed by atoms with Gasteiger partial charge in [0.05, 0.1) is 28.1 Å². The zero-order chi connectivity index (χ0) is 20.0. The maximum absolute atomic E-state index is 12.7. The van der Waals surface area contributed by atoms with Crippen LogP contribution in [0, 0.1) is 10.1 Å². The summed E-state index contributed by atoms with van der Waals surface area (Å²) in [6.45, 7) is 6.53. The van der Waals surface area contributed by atoms with E-state index in [1.807, 2.05) is 17.0 Å². The van der Waals surface area contributed by atoms with Crippen molar-refractivity contribution in [2.45, 2.75) is 19.5 Å². The summed E-state index contributed by atoms with van der Waals surface area (Å²) in [4.78, 5) is 26.2. The molecule has 1 atom stereocenters. The molecule has 1 heterocycles. The molecule has 2 rings (SSSR count). The standard InChI is InChI=1S/C18H20ClN3O4S/c1-4-9-21(11-14-6-8-17(19)27-14)12(2)18(23)20-15-10-13(22(24)25)5-7-16(15)26-3/h4-8,10,12H,1,9,11H2,2-3H3,(H,20,23)/t12-/m0/s1. The van der Waals surface area contributed by atoms with Gasteiger partial charge in [-0.2, -0.15) is 0 Å². The number of halogens is 1. The van der Waals surface area contributed by atoms with Crippen molar-refractivity contribution in [3.63, 3.8) is 0 Å². The van der Waals surface area contributed by atoms with Crippen LogP contribution in [-0.2, 0) is 11.3 Å². The Kier molecular flexibility index (Phi) is 7.35. The molecule has 0 aliphatic rings. The summed E-state index contributed by atoms with van der Waals surface area (Å²) in [6.07, 6.45) is 1.72. The Morgan fingerprint density at radius 3 is 2.78 bits per heavy atom. The lowest BCUT2D eigenvalue weighted by molar-refractivity contribution is -0.384. The van der Waals surface area contributed by atoms with Crippen LogP contribution in [0.1, 0.15) is 11.8 Å². The number of hydrogen-bond donors (Lipinski definition) is 1. The number of carbonyl (C=O) groups excluding carboxylic acids is 1. The fourth-order valence-corrected chi connectivity index (χ4v) is 3.59. The molecule has 0 aliphatic carbocycles. The van der Waals surface area contributed by atoms with E-state index in [2.05, 4.69) is 11.9 Å². The highest BCUT2D eigenvalue weighted by atomic mass is 35.5. The van der Waals surface area contributed by atoms with Crippen LogP contribution in [0.5, 0.6) is 5.75 Å². The summed E-state index contributed by atoms with van der Waals surface area (Å²) in [5.41, 5.74) is 0.121. The third-order valence-corrected chi connectivity index (χ3v) is 5.15. The number of amides is 1. The van der Waals surface area contributed by atoms with Crippen LogP contribution in [0.25, 0.3) is 0 Å². The number of nitrogens with one attached hydrogen (secondary N) is 1. The predicted octanol–water partition coefficient (Wildman–Crippen LogP) is 4.33. The van der Waals surface area contributed by atoms with Crippen LogP contribution in [0.4, 0.5) is 11.4 Å². The fraction of sp³-hybridized carbons (Fsp3) is 0.278. The number of rotatable bonds is 9. The zero-order valence-corrected chi connectivity index (χ0v) is 16.5. The second-order valence-corrected chi connectivity index (χ2v) is 7.53. The number of thiophene rings is 1. The molecule has 1 aromatic carbocycles. The van der Waals surface area contributed by atoms with E-state index in [1.165, 1.54) is 36.6 Å². The van der Waals surface area contributed by atoms with Gasteiger partial charge >= 0.3 is 0 Å². The first kappa shape index (κ1) is 20.9. The molecular weight excluding hydrogens is 390 g/mol. The van der Waals surface area contributed by atoms with E-state index >= 15 is 0 Å². The minimum Gasteiger partial charge on any atom is -0.495 e. The smallest absolute Gasteiger partial charge is 0.271 e. The van der Waals surface area contributed by atoms with Gasteiger partial charge in [-0.05, 0) is 25.1 Å². The van der Waals surface area contributed by atoms with Crippen molar-refractivity contribution in [3.8, 4) is 5.75 Å². The largest absolute Gasteiger partial charge is 0.495 e. The Bertz CT molecular complexity index is 840. The second-order valence-electron chi connectivity index (χ2n) is 5.73. The summed E-state index contributed by atoms with van der Waals surface area (Å²) in [5.74, 6) is 0.0414. The number of anilines is 1. The quantitative estimate of drug-likeness (QED) is 0.378. The van der Waals surface area contributed by atoms with Gasteiger partial charge in [0, 0.05) is 30.1 Å². The Hall–Kier alpha value is -2.42. The first-order chi connectivity index (χ1) is 12.8. The van der Waals surface area contributed by atoms with E-state index in [4.69, 9.17) is 16.3 Å². The van der Waals surface area contributed by atoms with Crippen molar-refractivity contribution < 1.29 is 14.5 Å². The zero-order valence-electron chi connectivity index (χ0n) is 15.0. The van der Waals surface area contributed by atoms with E-state index in [0.717, 1.165) is 4.88 Å². The van der Waals surface area contributed by atoms with Gasteiger partial charge in [-0.1, -0.05) is 17.7 Å². The van der Waals surface area contributed by atoms with Gasteiger partial charge in [0.25, 0.3) is 5.69 Å². The molecule has 0 radical (unpaired) electrons. The number of hydrogen-bond acceptors (Lipinski definition) is 6. The summed E-state index contributed by atoms with van der Waals surface area (Å²) < 4.78 is 5.87. The van der Waals surface area contributed by atoms with Gasteiger partial charge in [0.15, 0.2) is 0 Å². The van der Waals surface area contributed by atoms with Crippen molar-refractivity contribution in [2.75, 3.05) is 19.0 Å². The molecule has 0 fully saturated rings. The summed E-state index contributed by atoms with van der Waals surface area (Å²) in [7, 11) is 1.44. The molecule has 1 N–H and O–H groups in total. The molecule has 0 bridgehead atoms. The van der Waals surface area contributed by atoms with Crippen LogP contribution in [0.3, 0.4) is 0 Å². The topological polar surface area (TPSA) is 84.7 Å². The monoisotopic (exact) mass is 409 g/mol. The number of carbonyl (C=O) groups is 1. The maximum atomic E-state index is 12.7. The molecule has 0 aliphatic heterocycles. The lowest BCUT2D eigenvalue weighted by Crippen LogP contribution is -2.41. The van der Waals surface area contributed by atoms with Crippen LogP contribution >= 0.6 is 22.9 Å². The van der Waals surface area contributed by atoms with Crippen molar-refractivity contribution in [2.24, 2.45) is 0 Å². The highest BCUT2D eigenvalue weighted by molar-refractivity contribution is 7.16. The molecule has 0 saturated carbocycles. The number of nitro benzene ring substituents is 1. The Morgan fingerprint density at radius 2 is 2.22 bits per heavy atom. The number of nitrogens with zero attached hydrogens (tertiary/aromatic N) is 2. The first-order valence-corrected chi connectivity index (χ1v) is 9.27. The van der Waals surface area contributed by atoms with Gasteiger partial charge in [0.2, 0.25) is 5.91 Å². The molecule has 1 aromatic heterocycles. The Balaban J connectivity index is 2.17. The fourth-order valence-electron chi connectivity index (χ4n) is 2.47. The lowest BCUT2D eigenvalue weighted by Gasteiger charge is -2.26. The van der Waals surface area contributed by atoms with E-state index in [9.17, 15) is 14.9 Å². The summed E-state index contributed by atoms with van der Waals surface area (Å²) in [5, 5.41) is 13.7. The number of ether oxygens (including phenoxy) is 1. The predicted molar refractivity (Wildman–Crippen MR) is 108 cm³/mol. The van der Waals surface area contributed by atoms with Crippen molar-refractivity contribution in [3.05, 3.63) is 62.3 Å². The first-order valence-electron chi connectivity index (χ1n) is 8.08. The molecule has 144 valence electrons. The number of methoxy groups -OCH3 is 1. The third-order valence-electron chi connectivity index (χ3n) is 3.93. The molecular formula is C18H20ClN3O4S. The molecule has 0 unspecified atom stereocenters. The number of nitro groups is 1. The van der Waals surface area contributed by atoms with Gasteiger partial charge in [-0.3, -0.25) is 19.8 Å². The average Bonchev–Trinajstić information content (AvgIpc) is 3.05. The highest BCUT2D eigenvalue weighted by Gasteiger charge is 2.23. The van der Waals surface area contributed by atoms with Crippen LogP contribution in [-0.4, -0.2) is 35.4 Å². The third kappa shape index (κ3) is 5.53. The average molecular weight is 410 g/mol. The molecule has 0 saturated heterocycles. The van der Waals surface area contributed by atoms with Crippen LogP contribution in [0.15, 0.2) is 43.0 Å². The summed E-state index contributed by atoms with van der Waals surface area (Å²) >= 11 is 7.42. The summed E-state index contributed by atoms with van der Waals surface area (Å²) in [6, 6.07) is 7.27. The van der Waals surface area contributed by atoms with Gasteiger partial charge in [-0.25, -0.2) is 0 Å². The minimum atomic E-state index is -0.525. The SMILES string of the molecule is C=CCN(Cc1ccc(Cl)s1)[C@@H](C)C(=O)Nc1cc([N+](=O)[O-])ccc1OC. The van der Waals surface area contributed by atoms with Gasteiger partial charge in [-0.15, -0.1) is 17.9 Å². The molecule has 1 amide bonds. The molecule has 27 heavy (non-hydrogen) atoms. The van der Waals surface area contributed by atoms with E-state index in [1.54, 1.807) is 13.0 Å². The van der Waals surface area contributed by atoms with E-state index < -0.39 is 11.0 Å². The second kappa shape index (κ2) is 9.50. The van der Waals surface area contributed by atoms with Gasteiger partial charge in [0.1, 0.15) is 5.75 Å². The Morgan fingerprint density at radius 1 is 1.48 bits per heavy atom. The normalized spacial score (nSPS) is 11.9. The molecule has 7 nitrogen and oxygen atoms in total. The highest BCUT2D eigenvalue weighted by Crippen LogP contribution is 2.29. The lowest BCUT2D eigenvalue weighted by atomic mass is 10.2.